The summed E-state index contributed by atoms with van der Waals surface area (Å²) < 4.78 is 21.6. The highest BCUT2D eigenvalue weighted by Crippen LogP contribution is 2.27. The maximum atomic E-state index is 13.8. The lowest BCUT2D eigenvalue weighted by atomic mass is 9.94. The van der Waals surface area contributed by atoms with Crippen molar-refractivity contribution in [3.63, 3.8) is 0 Å². The normalized spacial score (nSPS) is 18.3. The predicted octanol–water partition coefficient (Wildman–Crippen LogP) is 5.36. The summed E-state index contributed by atoms with van der Waals surface area (Å²) in [5.41, 5.74) is 0.734. The molecule has 0 spiro atoms. The minimum Gasteiger partial charge on any atom is -0.461 e. The number of hydrogen-bond acceptors (Lipinski definition) is 3. The van der Waals surface area contributed by atoms with Crippen molar-refractivity contribution in [3.05, 3.63) is 70.5 Å². The van der Waals surface area contributed by atoms with Crippen LogP contribution in [0.4, 0.5) is 10.1 Å². The van der Waals surface area contributed by atoms with Gasteiger partial charge in [0.2, 0.25) is 5.91 Å². The van der Waals surface area contributed by atoms with Crippen LogP contribution in [0.15, 0.2) is 64.8 Å². The number of alkyl halides is 1. The van der Waals surface area contributed by atoms with E-state index < -0.39 is 11.6 Å². The Morgan fingerprint density at radius 1 is 1.28 bits per heavy atom. The molecule has 0 saturated carbocycles. The topological polar surface area (TPSA) is 60.3 Å². The number of carbonyl (C=O) groups excluding carboxylic acids is 2. The summed E-state index contributed by atoms with van der Waals surface area (Å²) in [7, 11) is 0. The van der Waals surface area contributed by atoms with Gasteiger partial charge in [0, 0.05) is 22.8 Å². The molecule has 0 saturated heterocycles. The van der Waals surface area contributed by atoms with Crippen LogP contribution in [-0.2, 0) is 9.53 Å². The summed E-state index contributed by atoms with van der Waals surface area (Å²) in [6.07, 6.45) is 6.85. The highest BCUT2D eigenvalue weighted by atomic mass is 79.9. The van der Waals surface area contributed by atoms with Crippen LogP contribution in [0.3, 0.4) is 0 Å². The fourth-order valence-electron chi connectivity index (χ4n) is 3.02. The maximum Gasteiger partial charge on any atom is 0.357 e. The molecule has 1 aliphatic carbocycles. The van der Waals surface area contributed by atoms with E-state index in [1.807, 2.05) is 24.3 Å². The summed E-state index contributed by atoms with van der Waals surface area (Å²) in [6.45, 7) is 3.44. The fourth-order valence-corrected chi connectivity index (χ4v) is 3.28. The molecule has 7 heteroatoms. The quantitative estimate of drug-likeness (QED) is 0.590. The second-order valence-corrected chi connectivity index (χ2v) is 7.88. The lowest BCUT2D eigenvalue weighted by Crippen LogP contribution is -2.19. The first-order valence-electron chi connectivity index (χ1n) is 9.30. The highest BCUT2D eigenvalue weighted by Gasteiger charge is 2.23. The molecule has 0 aliphatic heterocycles. The Bertz CT molecular complexity index is 974. The van der Waals surface area contributed by atoms with Gasteiger partial charge >= 0.3 is 5.97 Å². The van der Waals surface area contributed by atoms with Gasteiger partial charge in [-0.1, -0.05) is 28.1 Å². The van der Waals surface area contributed by atoms with E-state index in [1.54, 1.807) is 35.9 Å². The average Bonchev–Trinajstić information content (AvgIpc) is 3.08. The van der Waals surface area contributed by atoms with Gasteiger partial charge < -0.3 is 14.6 Å². The van der Waals surface area contributed by atoms with E-state index in [4.69, 9.17) is 4.74 Å². The molecular formula is C22H22BrFN2O3. The van der Waals surface area contributed by atoms with Crippen molar-refractivity contribution in [2.75, 3.05) is 11.9 Å². The Labute approximate surface area is 177 Å². The minimum absolute atomic E-state index is 0.0955. The van der Waals surface area contributed by atoms with Crippen molar-refractivity contribution >= 4 is 33.5 Å². The van der Waals surface area contributed by atoms with Gasteiger partial charge in [-0.3, -0.25) is 4.79 Å². The van der Waals surface area contributed by atoms with E-state index in [0.717, 1.165) is 15.7 Å². The van der Waals surface area contributed by atoms with Crippen LogP contribution >= 0.6 is 15.9 Å². The van der Waals surface area contributed by atoms with E-state index >= 15 is 0 Å². The number of ether oxygens (including phenoxy) is 1. The molecule has 29 heavy (non-hydrogen) atoms. The second-order valence-electron chi connectivity index (χ2n) is 6.96. The highest BCUT2D eigenvalue weighted by molar-refractivity contribution is 9.10. The molecule has 1 amide bonds. The van der Waals surface area contributed by atoms with Crippen LogP contribution in [0.25, 0.3) is 5.69 Å². The smallest absolute Gasteiger partial charge is 0.357 e. The minimum atomic E-state index is -1.38. The zero-order valence-corrected chi connectivity index (χ0v) is 17.8. The van der Waals surface area contributed by atoms with E-state index in [0.29, 0.717) is 5.69 Å². The number of esters is 1. The number of rotatable bonds is 6. The first-order chi connectivity index (χ1) is 13.8. The van der Waals surface area contributed by atoms with Gasteiger partial charge in [0.25, 0.3) is 0 Å². The molecule has 1 heterocycles. The lowest BCUT2D eigenvalue weighted by Gasteiger charge is -2.18. The molecule has 1 N–H and O–H groups in total. The number of nitrogens with zero attached hydrogens (tertiary/aromatic N) is 1. The first-order valence-corrected chi connectivity index (χ1v) is 10.1. The van der Waals surface area contributed by atoms with Crippen LogP contribution < -0.4 is 5.32 Å². The maximum absolute atomic E-state index is 13.8. The molecule has 1 aromatic heterocycles. The molecule has 3 rings (SSSR count). The molecule has 0 fully saturated rings. The third-order valence-electron chi connectivity index (χ3n) is 4.51. The Kier molecular flexibility index (Phi) is 6.37. The Balaban J connectivity index is 1.82. The molecule has 2 aromatic rings. The zero-order valence-electron chi connectivity index (χ0n) is 16.2. The number of aromatic nitrogens is 1. The summed E-state index contributed by atoms with van der Waals surface area (Å²) in [4.78, 5) is 25.1. The summed E-state index contributed by atoms with van der Waals surface area (Å²) in [5, 5.41) is 2.78. The number of benzene rings is 1. The van der Waals surface area contributed by atoms with Crippen molar-refractivity contribution < 1.29 is 18.7 Å². The number of halogens is 2. The van der Waals surface area contributed by atoms with Gasteiger partial charge in [0.05, 0.1) is 18.7 Å². The van der Waals surface area contributed by atoms with E-state index in [9.17, 15) is 14.0 Å². The number of allylic oxidation sites excluding steroid dienone is 3. The van der Waals surface area contributed by atoms with Crippen LogP contribution in [0.2, 0.25) is 0 Å². The van der Waals surface area contributed by atoms with Crippen LogP contribution in [0.1, 0.15) is 37.2 Å². The van der Waals surface area contributed by atoms with E-state index in [1.165, 1.54) is 13.0 Å². The summed E-state index contributed by atoms with van der Waals surface area (Å²) in [5.74, 6) is -0.817. The zero-order chi connectivity index (χ0) is 21.0. The average molecular weight is 461 g/mol. The Hall–Kier alpha value is -2.67. The van der Waals surface area contributed by atoms with Crippen LogP contribution in [0.5, 0.6) is 0 Å². The SMILES string of the molecule is CCOC(=O)c1c(NC(=O)CC2=CCC(C)(F)C=C2)ccn1-c1ccc(Br)cc1. The van der Waals surface area contributed by atoms with Gasteiger partial charge in [0.1, 0.15) is 5.67 Å². The van der Waals surface area contributed by atoms with Gasteiger partial charge in [-0.25, -0.2) is 9.18 Å². The molecule has 5 nitrogen and oxygen atoms in total. The monoisotopic (exact) mass is 460 g/mol. The molecule has 1 aliphatic rings. The van der Waals surface area contributed by atoms with Crippen LogP contribution in [0, 0.1) is 0 Å². The predicted molar refractivity (Wildman–Crippen MR) is 114 cm³/mol. The number of nitrogens with one attached hydrogen (secondary N) is 1. The third-order valence-corrected chi connectivity index (χ3v) is 5.04. The molecule has 1 aromatic carbocycles. The number of amides is 1. The van der Waals surface area contributed by atoms with Crippen LogP contribution in [-0.4, -0.2) is 28.7 Å². The summed E-state index contributed by atoms with van der Waals surface area (Å²) >= 11 is 3.39. The third kappa shape index (κ3) is 5.23. The van der Waals surface area contributed by atoms with Gasteiger partial charge in [0.15, 0.2) is 5.69 Å². The molecular weight excluding hydrogens is 439 g/mol. The summed E-state index contributed by atoms with van der Waals surface area (Å²) in [6, 6.07) is 9.09. The van der Waals surface area contributed by atoms with E-state index in [2.05, 4.69) is 21.2 Å². The lowest BCUT2D eigenvalue weighted by molar-refractivity contribution is -0.115. The fraction of sp³-hybridized carbons (Fsp3) is 0.273. The van der Waals surface area contributed by atoms with Crippen molar-refractivity contribution in [2.45, 2.75) is 32.4 Å². The van der Waals surface area contributed by atoms with Crippen molar-refractivity contribution in [3.8, 4) is 5.69 Å². The van der Waals surface area contributed by atoms with Gasteiger partial charge in [-0.05, 0) is 55.8 Å². The molecule has 1 unspecified atom stereocenters. The number of carbonyl (C=O) groups is 2. The standard InChI is InChI=1S/C22H22BrFN2O3/c1-3-29-21(28)20-18(10-13-26(20)17-6-4-16(23)5-7-17)25-19(27)14-15-8-11-22(2,24)12-9-15/h4-11,13H,3,12,14H2,1-2H3,(H,25,27). The molecule has 152 valence electrons. The Morgan fingerprint density at radius 3 is 2.62 bits per heavy atom. The number of anilines is 1. The Morgan fingerprint density at radius 2 is 2.00 bits per heavy atom. The second kappa shape index (κ2) is 8.78. The van der Waals surface area contributed by atoms with Crippen molar-refractivity contribution in [1.82, 2.24) is 4.57 Å². The first kappa shape index (κ1) is 21.0. The largest absolute Gasteiger partial charge is 0.461 e. The van der Waals surface area contributed by atoms with Crippen molar-refractivity contribution in [2.24, 2.45) is 0 Å². The molecule has 1 atom stereocenters. The van der Waals surface area contributed by atoms with E-state index in [-0.39, 0.29) is 31.0 Å². The van der Waals surface area contributed by atoms with Crippen molar-refractivity contribution in [1.29, 1.82) is 0 Å². The number of hydrogen-bond donors (Lipinski definition) is 1. The van der Waals surface area contributed by atoms with Gasteiger partial charge in [-0.15, -0.1) is 0 Å². The van der Waals surface area contributed by atoms with Gasteiger partial charge in [-0.2, -0.15) is 0 Å². The molecule has 0 bridgehead atoms. The molecule has 0 radical (unpaired) electrons.